The van der Waals surface area contributed by atoms with E-state index in [0.29, 0.717) is 0 Å². The molecule has 4 nitrogen and oxygen atoms in total. The van der Waals surface area contributed by atoms with Crippen molar-refractivity contribution >= 4 is 28.5 Å². The Morgan fingerprint density at radius 1 is 1.50 bits per heavy atom. The number of carbonyl (C=O) groups excluding carboxylic acids is 1. The van der Waals surface area contributed by atoms with Crippen molar-refractivity contribution in [2.75, 3.05) is 14.1 Å². The summed E-state index contributed by atoms with van der Waals surface area (Å²) in [5.74, 6) is -0.274. The third-order valence-corrected chi connectivity index (χ3v) is 2.93. The highest BCUT2D eigenvalue weighted by Gasteiger charge is 2.13. The van der Waals surface area contributed by atoms with E-state index in [4.69, 9.17) is 0 Å². The van der Waals surface area contributed by atoms with Gasteiger partial charge < -0.3 is 9.88 Å². The molecule has 76 valence electrons. The predicted molar refractivity (Wildman–Crippen MR) is 62.5 cm³/mol. The quantitative estimate of drug-likeness (QED) is 0.787. The monoisotopic (exact) mass is 306 g/mol. The maximum atomic E-state index is 11.5. The standard InChI is InChI=1S/C9H11IN2O2/c1-5-7(10)4-6(8(13)11-5)9(14)12(2)3/h4H,1-3H3,(H,11,13). The van der Waals surface area contributed by atoms with E-state index in [1.54, 1.807) is 27.1 Å². The van der Waals surface area contributed by atoms with E-state index in [1.807, 2.05) is 0 Å². The second-order valence-corrected chi connectivity index (χ2v) is 4.35. The van der Waals surface area contributed by atoms with Gasteiger partial charge in [0.15, 0.2) is 0 Å². The van der Waals surface area contributed by atoms with Crippen molar-refractivity contribution in [2.24, 2.45) is 0 Å². The van der Waals surface area contributed by atoms with Crippen LogP contribution in [0.4, 0.5) is 0 Å². The van der Waals surface area contributed by atoms with Gasteiger partial charge in [0, 0.05) is 23.4 Å². The summed E-state index contributed by atoms with van der Waals surface area (Å²) in [6.07, 6.45) is 0. The molecule has 0 saturated carbocycles. The van der Waals surface area contributed by atoms with Crippen LogP contribution < -0.4 is 5.56 Å². The number of H-pyrrole nitrogens is 1. The van der Waals surface area contributed by atoms with Crippen LogP contribution >= 0.6 is 22.6 Å². The Hall–Kier alpha value is -0.850. The molecule has 0 bridgehead atoms. The lowest BCUT2D eigenvalue weighted by atomic mass is 10.2. The molecule has 0 aliphatic rings. The molecule has 5 heteroatoms. The molecule has 1 aromatic heterocycles. The van der Waals surface area contributed by atoms with Gasteiger partial charge in [0.05, 0.1) is 0 Å². The van der Waals surface area contributed by atoms with E-state index < -0.39 is 0 Å². The number of aromatic nitrogens is 1. The van der Waals surface area contributed by atoms with Gasteiger partial charge in [-0.25, -0.2) is 0 Å². The number of nitrogens with zero attached hydrogens (tertiary/aromatic N) is 1. The summed E-state index contributed by atoms with van der Waals surface area (Å²) >= 11 is 2.08. The van der Waals surface area contributed by atoms with Gasteiger partial charge in [0.25, 0.3) is 11.5 Å². The third-order valence-electron chi connectivity index (χ3n) is 1.81. The molecule has 0 aliphatic carbocycles. The summed E-state index contributed by atoms with van der Waals surface area (Å²) in [6, 6.07) is 1.61. The minimum Gasteiger partial charge on any atom is -0.345 e. The Morgan fingerprint density at radius 3 is 2.57 bits per heavy atom. The van der Waals surface area contributed by atoms with E-state index in [2.05, 4.69) is 27.6 Å². The molecule has 14 heavy (non-hydrogen) atoms. The van der Waals surface area contributed by atoms with Crippen molar-refractivity contribution in [1.82, 2.24) is 9.88 Å². The fourth-order valence-corrected chi connectivity index (χ4v) is 1.44. The summed E-state index contributed by atoms with van der Waals surface area (Å²) in [6.45, 7) is 1.80. The Balaban J connectivity index is 3.30. The molecule has 1 amide bonds. The molecule has 0 saturated heterocycles. The molecule has 0 unspecified atom stereocenters. The van der Waals surface area contributed by atoms with Gasteiger partial charge in [-0.1, -0.05) is 0 Å². The van der Waals surface area contributed by atoms with Gasteiger partial charge in [-0.05, 0) is 35.6 Å². The first kappa shape index (κ1) is 11.2. The number of amides is 1. The van der Waals surface area contributed by atoms with Gasteiger partial charge in [-0.3, -0.25) is 9.59 Å². The van der Waals surface area contributed by atoms with Crippen molar-refractivity contribution in [3.63, 3.8) is 0 Å². The molecule has 0 aliphatic heterocycles. The molecule has 1 heterocycles. The fraction of sp³-hybridized carbons (Fsp3) is 0.333. The van der Waals surface area contributed by atoms with Gasteiger partial charge in [0.2, 0.25) is 0 Å². The maximum Gasteiger partial charge on any atom is 0.261 e. The molecule has 0 fully saturated rings. The fourth-order valence-electron chi connectivity index (χ4n) is 0.998. The van der Waals surface area contributed by atoms with Crippen LogP contribution in [0.15, 0.2) is 10.9 Å². The molecule has 0 aromatic carbocycles. The largest absolute Gasteiger partial charge is 0.345 e. The molecule has 1 rings (SSSR count). The number of halogens is 1. The van der Waals surface area contributed by atoms with E-state index in [1.165, 1.54) is 4.90 Å². The number of carbonyl (C=O) groups is 1. The van der Waals surface area contributed by atoms with Crippen LogP contribution in [0.1, 0.15) is 16.1 Å². The van der Waals surface area contributed by atoms with Gasteiger partial charge in [-0.15, -0.1) is 0 Å². The van der Waals surface area contributed by atoms with E-state index in [9.17, 15) is 9.59 Å². The highest BCUT2D eigenvalue weighted by atomic mass is 127. The first-order chi connectivity index (χ1) is 6.43. The SMILES string of the molecule is Cc1[nH]c(=O)c(C(=O)N(C)C)cc1I. The number of nitrogens with one attached hydrogen (secondary N) is 1. The summed E-state index contributed by atoms with van der Waals surface area (Å²) in [4.78, 5) is 27.0. The summed E-state index contributed by atoms with van der Waals surface area (Å²) in [5, 5.41) is 0. The summed E-state index contributed by atoms with van der Waals surface area (Å²) in [5.41, 5.74) is 0.637. The smallest absolute Gasteiger partial charge is 0.261 e. The van der Waals surface area contributed by atoms with Gasteiger partial charge in [0.1, 0.15) is 5.56 Å². The lowest BCUT2D eigenvalue weighted by molar-refractivity contribution is 0.0826. The van der Waals surface area contributed by atoms with Crippen molar-refractivity contribution in [1.29, 1.82) is 0 Å². The minimum absolute atomic E-state index is 0.185. The third kappa shape index (κ3) is 2.14. The second-order valence-electron chi connectivity index (χ2n) is 3.18. The number of hydrogen-bond donors (Lipinski definition) is 1. The second kappa shape index (κ2) is 4.12. The van der Waals surface area contributed by atoms with Crippen molar-refractivity contribution in [2.45, 2.75) is 6.92 Å². The number of hydrogen-bond acceptors (Lipinski definition) is 2. The topological polar surface area (TPSA) is 53.2 Å². The van der Waals surface area contributed by atoms with Crippen LogP contribution in [0.2, 0.25) is 0 Å². The zero-order valence-corrected chi connectivity index (χ0v) is 10.4. The van der Waals surface area contributed by atoms with Crippen LogP contribution in [0, 0.1) is 10.5 Å². The molecule has 0 atom stereocenters. The maximum absolute atomic E-state index is 11.5. The summed E-state index contributed by atoms with van der Waals surface area (Å²) < 4.78 is 0.882. The highest BCUT2D eigenvalue weighted by Crippen LogP contribution is 2.08. The Kier molecular flexibility index (Phi) is 3.30. The zero-order chi connectivity index (χ0) is 10.9. The van der Waals surface area contributed by atoms with Gasteiger partial charge in [-0.2, -0.15) is 0 Å². The zero-order valence-electron chi connectivity index (χ0n) is 8.22. The van der Waals surface area contributed by atoms with Crippen molar-refractivity contribution in [3.8, 4) is 0 Å². The van der Waals surface area contributed by atoms with Crippen LogP contribution in [-0.4, -0.2) is 29.9 Å². The average Bonchev–Trinajstić information content (AvgIpc) is 2.10. The molecule has 1 aromatic rings. The molecule has 0 radical (unpaired) electrons. The number of aromatic amines is 1. The van der Waals surface area contributed by atoms with Crippen molar-refractivity contribution in [3.05, 3.63) is 31.2 Å². The highest BCUT2D eigenvalue weighted by molar-refractivity contribution is 14.1. The van der Waals surface area contributed by atoms with Crippen LogP contribution in [0.25, 0.3) is 0 Å². The number of pyridine rings is 1. The average molecular weight is 306 g/mol. The molecular formula is C9H11IN2O2. The first-order valence-corrected chi connectivity index (χ1v) is 5.12. The Labute approximate surface area is 95.5 Å². The Bertz CT molecular complexity index is 423. The summed E-state index contributed by atoms with van der Waals surface area (Å²) in [7, 11) is 3.24. The van der Waals surface area contributed by atoms with E-state index in [-0.39, 0.29) is 17.0 Å². The van der Waals surface area contributed by atoms with Crippen LogP contribution in [0.5, 0.6) is 0 Å². The van der Waals surface area contributed by atoms with E-state index in [0.717, 1.165) is 9.26 Å². The lowest BCUT2D eigenvalue weighted by Crippen LogP contribution is -2.29. The lowest BCUT2D eigenvalue weighted by Gasteiger charge is -2.10. The molecular weight excluding hydrogens is 295 g/mol. The Morgan fingerprint density at radius 2 is 2.07 bits per heavy atom. The van der Waals surface area contributed by atoms with E-state index >= 15 is 0 Å². The molecule has 0 spiro atoms. The number of aryl methyl sites for hydroxylation is 1. The first-order valence-electron chi connectivity index (χ1n) is 4.04. The molecule has 1 N–H and O–H groups in total. The predicted octanol–water partition coefficient (Wildman–Crippen LogP) is 0.990. The number of rotatable bonds is 1. The van der Waals surface area contributed by atoms with Crippen molar-refractivity contribution < 1.29 is 4.79 Å². The van der Waals surface area contributed by atoms with Gasteiger partial charge >= 0.3 is 0 Å². The normalized spacial score (nSPS) is 10.0. The minimum atomic E-state index is -0.332. The van der Waals surface area contributed by atoms with Crippen LogP contribution in [0.3, 0.4) is 0 Å². The van der Waals surface area contributed by atoms with Crippen LogP contribution in [-0.2, 0) is 0 Å².